The Kier molecular flexibility index (Phi) is 5.60. The first-order chi connectivity index (χ1) is 12.0. The molecular formula is C18H24ClN5O. The monoisotopic (exact) mass is 361 g/mol. The highest BCUT2D eigenvalue weighted by molar-refractivity contribution is 6.30. The summed E-state index contributed by atoms with van der Waals surface area (Å²) in [7, 11) is 0. The Balaban J connectivity index is 1.59. The van der Waals surface area contributed by atoms with Gasteiger partial charge in [0.2, 0.25) is 5.91 Å². The minimum atomic E-state index is -0.0971. The Labute approximate surface area is 153 Å². The van der Waals surface area contributed by atoms with Crippen molar-refractivity contribution >= 4 is 29.2 Å². The SMILES string of the molecule is Cc1ccc(Cl)cc1C1=CC(NCCCN2CCCC2=O)NC(N)=N1. The number of carbonyl (C=O) groups excluding carboxylic acids is 1. The third-order valence-electron chi connectivity index (χ3n) is 4.48. The van der Waals surface area contributed by atoms with Crippen LogP contribution < -0.4 is 16.4 Å². The van der Waals surface area contributed by atoms with E-state index in [1.165, 1.54) is 0 Å². The largest absolute Gasteiger partial charge is 0.370 e. The summed E-state index contributed by atoms with van der Waals surface area (Å²) in [4.78, 5) is 17.9. The molecule has 2 aliphatic heterocycles. The molecule has 7 heteroatoms. The lowest BCUT2D eigenvalue weighted by Gasteiger charge is -2.24. The average molecular weight is 362 g/mol. The molecule has 0 aliphatic carbocycles. The third kappa shape index (κ3) is 4.52. The van der Waals surface area contributed by atoms with Gasteiger partial charge in [-0.15, -0.1) is 0 Å². The predicted molar refractivity (Wildman–Crippen MR) is 101 cm³/mol. The van der Waals surface area contributed by atoms with Gasteiger partial charge in [0.1, 0.15) is 6.17 Å². The Hall–Kier alpha value is -2.05. The van der Waals surface area contributed by atoms with Gasteiger partial charge >= 0.3 is 0 Å². The summed E-state index contributed by atoms with van der Waals surface area (Å²) in [6.45, 7) is 4.49. The normalized spacial score (nSPS) is 20.3. The second-order valence-corrected chi connectivity index (χ2v) is 6.86. The number of nitrogens with one attached hydrogen (secondary N) is 2. The summed E-state index contributed by atoms with van der Waals surface area (Å²) in [5, 5.41) is 7.19. The Bertz CT molecular complexity index is 715. The van der Waals surface area contributed by atoms with Crippen LogP contribution in [0.5, 0.6) is 0 Å². The van der Waals surface area contributed by atoms with E-state index in [4.69, 9.17) is 17.3 Å². The molecule has 6 nitrogen and oxygen atoms in total. The van der Waals surface area contributed by atoms with E-state index in [0.717, 1.165) is 49.3 Å². The Morgan fingerprint density at radius 1 is 1.48 bits per heavy atom. The van der Waals surface area contributed by atoms with E-state index in [1.54, 1.807) is 0 Å². The van der Waals surface area contributed by atoms with Crippen LogP contribution in [0.25, 0.3) is 5.70 Å². The van der Waals surface area contributed by atoms with E-state index in [0.29, 0.717) is 17.4 Å². The van der Waals surface area contributed by atoms with E-state index in [2.05, 4.69) is 15.6 Å². The third-order valence-corrected chi connectivity index (χ3v) is 4.72. The van der Waals surface area contributed by atoms with E-state index in [9.17, 15) is 4.79 Å². The first-order valence-electron chi connectivity index (χ1n) is 8.63. The van der Waals surface area contributed by atoms with Gasteiger partial charge in [-0.3, -0.25) is 10.1 Å². The number of hydrogen-bond acceptors (Lipinski definition) is 5. The molecular weight excluding hydrogens is 338 g/mol. The molecule has 1 aromatic rings. The zero-order chi connectivity index (χ0) is 17.8. The van der Waals surface area contributed by atoms with Gasteiger partial charge < -0.3 is 16.0 Å². The van der Waals surface area contributed by atoms with Crippen LogP contribution in [0.15, 0.2) is 29.3 Å². The number of carbonyl (C=O) groups is 1. The van der Waals surface area contributed by atoms with E-state index in [-0.39, 0.29) is 12.1 Å². The van der Waals surface area contributed by atoms with E-state index < -0.39 is 0 Å². The number of guanidine groups is 1. The van der Waals surface area contributed by atoms with Gasteiger partial charge in [-0.1, -0.05) is 17.7 Å². The molecule has 1 unspecified atom stereocenters. The molecule has 0 radical (unpaired) electrons. The van der Waals surface area contributed by atoms with E-state index in [1.807, 2.05) is 36.1 Å². The quantitative estimate of drug-likeness (QED) is 0.675. The molecule has 1 aromatic carbocycles. The topological polar surface area (TPSA) is 82.8 Å². The van der Waals surface area contributed by atoms with Crippen molar-refractivity contribution in [2.45, 2.75) is 32.4 Å². The zero-order valence-corrected chi connectivity index (χ0v) is 15.1. The molecule has 1 saturated heterocycles. The molecule has 134 valence electrons. The summed E-state index contributed by atoms with van der Waals surface area (Å²) < 4.78 is 0. The molecule has 2 aliphatic rings. The molecule has 1 fully saturated rings. The van der Waals surface area contributed by atoms with Crippen LogP contribution in [0.3, 0.4) is 0 Å². The number of rotatable bonds is 6. The lowest BCUT2D eigenvalue weighted by Crippen LogP contribution is -2.49. The average Bonchev–Trinajstić information content (AvgIpc) is 2.98. The number of hydrogen-bond donors (Lipinski definition) is 3. The van der Waals surface area contributed by atoms with Crippen LogP contribution in [0.4, 0.5) is 0 Å². The number of nitrogens with two attached hydrogens (primary N) is 1. The predicted octanol–water partition coefficient (Wildman–Crippen LogP) is 1.84. The van der Waals surface area contributed by atoms with Crippen molar-refractivity contribution in [3.05, 3.63) is 40.4 Å². The maximum Gasteiger partial charge on any atom is 0.222 e. The molecule has 0 saturated carbocycles. The fourth-order valence-corrected chi connectivity index (χ4v) is 3.33. The van der Waals surface area contributed by atoms with Crippen LogP contribution in [-0.4, -0.2) is 42.6 Å². The molecule has 2 heterocycles. The van der Waals surface area contributed by atoms with Gasteiger partial charge in [-0.25, -0.2) is 4.99 Å². The van der Waals surface area contributed by atoms with Crippen molar-refractivity contribution in [2.24, 2.45) is 10.7 Å². The molecule has 1 amide bonds. The fourth-order valence-electron chi connectivity index (χ4n) is 3.16. The van der Waals surface area contributed by atoms with Gasteiger partial charge in [-0.2, -0.15) is 0 Å². The Morgan fingerprint density at radius 3 is 3.08 bits per heavy atom. The molecule has 25 heavy (non-hydrogen) atoms. The van der Waals surface area contributed by atoms with Crippen molar-refractivity contribution in [1.29, 1.82) is 0 Å². The molecule has 4 N–H and O–H groups in total. The maximum absolute atomic E-state index is 11.6. The van der Waals surface area contributed by atoms with Crippen LogP contribution in [0, 0.1) is 6.92 Å². The van der Waals surface area contributed by atoms with Gasteiger partial charge in [0.25, 0.3) is 0 Å². The zero-order valence-electron chi connectivity index (χ0n) is 14.4. The second-order valence-electron chi connectivity index (χ2n) is 6.42. The second kappa shape index (κ2) is 7.89. The number of likely N-dealkylation sites (tertiary alicyclic amines) is 1. The van der Waals surface area contributed by atoms with E-state index >= 15 is 0 Å². The number of amides is 1. The smallest absolute Gasteiger partial charge is 0.222 e. The minimum absolute atomic E-state index is 0.0971. The summed E-state index contributed by atoms with van der Waals surface area (Å²) in [6.07, 6.45) is 4.49. The number of aliphatic imine (C=N–C) groups is 1. The number of aryl methyl sites for hydroxylation is 1. The number of halogens is 1. The van der Waals surface area contributed by atoms with Gasteiger partial charge in [0, 0.05) is 30.1 Å². The van der Waals surface area contributed by atoms with Crippen molar-refractivity contribution in [3.8, 4) is 0 Å². The van der Waals surface area contributed by atoms with Crippen LogP contribution in [0.2, 0.25) is 5.02 Å². The summed E-state index contributed by atoms with van der Waals surface area (Å²) >= 11 is 6.11. The molecule has 0 aromatic heterocycles. The first kappa shape index (κ1) is 17.8. The Morgan fingerprint density at radius 2 is 2.32 bits per heavy atom. The highest BCUT2D eigenvalue weighted by atomic mass is 35.5. The van der Waals surface area contributed by atoms with Crippen LogP contribution in [0.1, 0.15) is 30.4 Å². The summed E-state index contributed by atoms with van der Waals surface area (Å²) in [6, 6.07) is 5.74. The van der Waals surface area contributed by atoms with Crippen LogP contribution in [-0.2, 0) is 4.79 Å². The van der Waals surface area contributed by atoms with Gasteiger partial charge in [-0.05, 0) is 50.1 Å². The molecule has 3 rings (SSSR count). The lowest BCUT2D eigenvalue weighted by molar-refractivity contribution is -0.127. The van der Waals surface area contributed by atoms with Crippen molar-refractivity contribution in [1.82, 2.24) is 15.5 Å². The van der Waals surface area contributed by atoms with Crippen molar-refractivity contribution < 1.29 is 4.79 Å². The highest BCUT2D eigenvalue weighted by Gasteiger charge is 2.20. The van der Waals surface area contributed by atoms with Gasteiger partial charge in [0.15, 0.2) is 5.96 Å². The molecule has 0 bridgehead atoms. The fraction of sp³-hybridized carbons (Fsp3) is 0.444. The number of benzene rings is 1. The molecule has 1 atom stereocenters. The van der Waals surface area contributed by atoms with Gasteiger partial charge in [0.05, 0.1) is 5.70 Å². The lowest BCUT2D eigenvalue weighted by atomic mass is 10.0. The number of nitrogens with zero attached hydrogens (tertiary/aromatic N) is 2. The summed E-state index contributed by atoms with van der Waals surface area (Å²) in [5.41, 5.74) is 8.82. The minimum Gasteiger partial charge on any atom is -0.370 e. The summed E-state index contributed by atoms with van der Waals surface area (Å²) in [5.74, 6) is 0.648. The standard InChI is InChI=1S/C18H24ClN5O/c1-12-5-6-13(19)10-14(12)15-11-16(23-18(20)22-15)21-7-3-9-24-8-2-4-17(24)25/h5-6,10-11,16,21H,2-4,7-9H2,1H3,(H3,20,22,23). The molecule has 0 spiro atoms. The first-order valence-corrected chi connectivity index (χ1v) is 9.01. The maximum atomic E-state index is 11.6. The van der Waals surface area contributed by atoms with Crippen molar-refractivity contribution in [2.75, 3.05) is 19.6 Å². The van der Waals surface area contributed by atoms with Crippen LogP contribution >= 0.6 is 11.6 Å². The van der Waals surface area contributed by atoms with Crippen molar-refractivity contribution in [3.63, 3.8) is 0 Å². The highest BCUT2D eigenvalue weighted by Crippen LogP contribution is 2.25.